The van der Waals surface area contributed by atoms with Crippen molar-refractivity contribution in [2.45, 2.75) is 45.6 Å². The standard InChI is InChI=1S/C12H24N2O2/c1-11(2,3)14-7-4-10(16)13-8-12(9-15)5-6-12/h14-15H,4-9H2,1-3H3,(H,13,16). The molecule has 1 fully saturated rings. The van der Waals surface area contributed by atoms with Gasteiger partial charge in [0.05, 0.1) is 6.61 Å². The first-order chi connectivity index (χ1) is 7.37. The van der Waals surface area contributed by atoms with Crippen LogP contribution in [-0.2, 0) is 4.79 Å². The molecule has 1 saturated carbocycles. The van der Waals surface area contributed by atoms with Crippen molar-refractivity contribution in [3.8, 4) is 0 Å². The lowest BCUT2D eigenvalue weighted by atomic mass is 10.1. The highest BCUT2D eigenvalue weighted by molar-refractivity contribution is 5.76. The zero-order chi connectivity index (χ0) is 12.2. The molecule has 3 N–H and O–H groups in total. The molecular formula is C12H24N2O2. The first-order valence-electron chi connectivity index (χ1n) is 6.00. The number of hydrogen-bond donors (Lipinski definition) is 3. The molecule has 0 aliphatic heterocycles. The molecule has 1 aliphatic carbocycles. The Hall–Kier alpha value is -0.610. The Morgan fingerprint density at radius 2 is 2.00 bits per heavy atom. The third kappa shape index (κ3) is 4.94. The number of carbonyl (C=O) groups is 1. The SMILES string of the molecule is CC(C)(C)NCCC(=O)NCC1(CO)CC1. The smallest absolute Gasteiger partial charge is 0.221 e. The molecule has 1 aliphatic rings. The van der Waals surface area contributed by atoms with Gasteiger partial charge in [-0.25, -0.2) is 0 Å². The summed E-state index contributed by atoms with van der Waals surface area (Å²) < 4.78 is 0. The predicted molar refractivity (Wildman–Crippen MR) is 64.1 cm³/mol. The summed E-state index contributed by atoms with van der Waals surface area (Å²) in [5, 5.41) is 15.2. The maximum Gasteiger partial charge on any atom is 0.221 e. The minimum Gasteiger partial charge on any atom is -0.396 e. The maximum atomic E-state index is 11.5. The molecule has 4 nitrogen and oxygen atoms in total. The zero-order valence-electron chi connectivity index (χ0n) is 10.6. The van der Waals surface area contributed by atoms with Gasteiger partial charge in [-0.2, -0.15) is 0 Å². The summed E-state index contributed by atoms with van der Waals surface area (Å²) in [6.45, 7) is 7.74. The summed E-state index contributed by atoms with van der Waals surface area (Å²) in [6.07, 6.45) is 2.56. The molecule has 0 aromatic heterocycles. The highest BCUT2D eigenvalue weighted by Crippen LogP contribution is 2.44. The normalized spacial score (nSPS) is 18.2. The van der Waals surface area contributed by atoms with Crippen LogP contribution in [0.4, 0.5) is 0 Å². The Kier molecular flexibility index (Phi) is 4.33. The first-order valence-corrected chi connectivity index (χ1v) is 6.00. The van der Waals surface area contributed by atoms with Gasteiger partial charge in [-0.3, -0.25) is 4.79 Å². The molecule has 0 heterocycles. The molecule has 16 heavy (non-hydrogen) atoms. The molecule has 0 aromatic rings. The van der Waals surface area contributed by atoms with Crippen LogP contribution in [0.25, 0.3) is 0 Å². The highest BCUT2D eigenvalue weighted by Gasteiger charge is 2.41. The lowest BCUT2D eigenvalue weighted by molar-refractivity contribution is -0.121. The van der Waals surface area contributed by atoms with E-state index in [-0.39, 0.29) is 23.5 Å². The molecule has 1 rings (SSSR count). The lowest BCUT2D eigenvalue weighted by Gasteiger charge is -2.20. The van der Waals surface area contributed by atoms with Gasteiger partial charge in [0.2, 0.25) is 5.91 Å². The van der Waals surface area contributed by atoms with Gasteiger partial charge < -0.3 is 15.7 Å². The fraction of sp³-hybridized carbons (Fsp3) is 0.917. The summed E-state index contributed by atoms with van der Waals surface area (Å²) in [6, 6.07) is 0. The fourth-order valence-corrected chi connectivity index (χ4v) is 1.49. The number of nitrogens with one attached hydrogen (secondary N) is 2. The second-order valence-corrected chi connectivity index (χ2v) is 5.86. The van der Waals surface area contributed by atoms with E-state index in [9.17, 15) is 4.79 Å². The molecule has 0 radical (unpaired) electrons. The van der Waals surface area contributed by atoms with Crippen LogP contribution in [0.5, 0.6) is 0 Å². The quantitative estimate of drug-likeness (QED) is 0.625. The van der Waals surface area contributed by atoms with E-state index in [1.165, 1.54) is 0 Å². The Bertz CT molecular complexity index is 242. The highest BCUT2D eigenvalue weighted by atomic mass is 16.3. The van der Waals surface area contributed by atoms with Gasteiger partial charge in [-0.1, -0.05) is 0 Å². The number of carbonyl (C=O) groups excluding carboxylic acids is 1. The monoisotopic (exact) mass is 228 g/mol. The molecular weight excluding hydrogens is 204 g/mol. The molecule has 0 unspecified atom stereocenters. The molecule has 0 bridgehead atoms. The van der Waals surface area contributed by atoms with Crippen molar-refractivity contribution in [1.29, 1.82) is 0 Å². The number of aliphatic hydroxyl groups excluding tert-OH is 1. The fourth-order valence-electron chi connectivity index (χ4n) is 1.49. The predicted octanol–water partition coefficient (Wildman–Crippen LogP) is 0.653. The summed E-state index contributed by atoms with van der Waals surface area (Å²) in [5.41, 5.74) is 0.0657. The van der Waals surface area contributed by atoms with E-state index in [1.54, 1.807) is 0 Å². The Morgan fingerprint density at radius 1 is 1.38 bits per heavy atom. The molecule has 0 spiro atoms. The number of amides is 1. The second kappa shape index (κ2) is 5.15. The third-order valence-corrected chi connectivity index (χ3v) is 2.96. The van der Waals surface area contributed by atoms with E-state index in [0.717, 1.165) is 12.8 Å². The van der Waals surface area contributed by atoms with Crippen LogP contribution >= 0.6 is 0 Å². The Balaban J connectivity index is 2.08. The van der Waals surface area contributed by atoms with E-state index in [2.05, 4.69) is 31.4 Å². The van der Waals surface area contributed by atoms with E-state index in [0.29, 0.717) is 19.5 Å². The summed E-state index contributed by atoms with van der Waals surface area (Å²) in [4.78, 5) is 11.5. The van der Waals surface area contributed by atoms with E-state index < -0.39 is 0 Å². The van der Waals surface area contributed by atoms with Gasteiger partial charge >= 0.3 is 0 Å². The van der Waals surface area contributed by atoms with E-state index in [1.807, 2.05) is 0 Å². The zero-order valence-corrected chi connectivity index (χ0v) is 10.6. The van der Waals surface area contributed by atoms with Gasteiger partial charge in [0.25, 0.3) is 0 Å². The number of rotatable bonds is 6. The topological polar surface area (TPSA) is 61.4 Å². The van der Waals surface area contributed by atoms with Crippen LogP contribution < -0.4 is 10.6 Å². The van der Waals surface area contributed by atoms with E-state index in [4.69, 9.17) is 5.11 Å². The van der Waals surface area contributed by atoms with Crippen LogP contribution in [0.2, 0.25) is 0 Å². The minimum absolute atomic E-state index is 0.00706. The lowest BCUT2D eigenvalue weighted by Crippen LogP contribution is -2.39. The summed E-state index contributed by atoms with van der Waals surface area (Å²) in [5.74, 6) is 0.0662. The Morgan fingerprint density at radius 3 is 2.44 bits per heavy atom. The van der Waals surface area contributed by atoms with Crippen LogP contribution in [0, 0.1) is 5.41 Å². The number of hydrogen-bond acceptors (Lipinski definition) is 3. The van der Waals surface area contributed by atoms with Crippen molar-refractivity contribution < 1.29 is 9.90 Å². The maximum absolute atomic E-state index is 11.5. The largest absolute Gasteiger partial charge is 0.396 e. The Labute approximate surface area is 97.8 Å². The second-order valence-electron chi connectivity index (χ2n) is 5.86. The van der Waals surface area contributed by atoms with Crippen LogP contribution in [0.15, 0.2) is 0 Å². The van der Waals surface area contributed by atoms with Crippen molar-refractivity contribution in [2.75, 3.05) is 19.7 Å². The van der Waals surface area contributed by atoms with Crippen molar-refractivity contribution in [2.24, 2.45) is 5.41 Å². The third-order valence-electron chi connectivity index (χ3n) is 2.96. The molecule has 0 atom stereocenters. The van der Waals surface area contributed by atoms with Crippen molar-refractivity contribution in [3.63, 3.8) is 0 Å². The van der Waals surface area contributed by atoms with Gasteiger partial charge in [0.1, 0.15) is 0 Å². The van der Waals surface area contributed by atoms with Gasteiger partial charge in [0, 0.05) is 30.5 Å². The van der Waals surface area contributed by atoms with Crippen molar-refractivity contribution in [3.05, 3.63) is 0 Å². The average Bonchev–Trinajstić information content (AvgIpc) is 2.93. The molecule has 0 aromatic carbocycles. The van der Waals surface area contributed by atoms with E-state index >= 15 is 0 Å². The first kappa shape index (κ1) is 13.5. The molecule has 4 heteroatoms. The molecule has 1 amide bonds. The van der Waals surface area contributed by atoms with Gasteiger partial charge in [-0.15, -0.1) is 0 Å². The summed E-state index contributed by atoms with van der Waals surface area (Å²) in [7, 11) is 0. The number of aliphatic hydroxyl groups is 1. The molecule has 94 valence electrons. The van der Waals surface area contributed by atoms with Crippen molar-refractivity contribution in [1.82, 2.24) is 10.6 Å². The van der Waals surface area contributed by atoms with Crippen LogP contribution in [0.1, 0.15) is 40.0 Å². The minimum atomic E-state index is 0.00706. The molecule has 0 saturated heterocycles. The van der Waals surface area contributed by atoms with Gasteiger partial charge in [-0.05, 0) is 33.6 Å². The van der Waals surface area contributed by atoms with Gasteiger partial charge in [0.15, 0.2) is 0 Å². The van der Waals surface area contributed by atoms with Crippen molar-refractivity contribution >= 4 is 5.91 Å². The van der Waals surface area contributed by atoms with Crippen LogP contribution in [-0.4, -0.2) is 36.2 Å². The van der Waals surface area contributed by atoms with Crippen LogP contribution in [0.3, 0.4) is 0 Å². The summed E-state index contributed by atoms with van der Waals surface area (Å²) >= 11 is 0. The average molecular weight is 228 g/mol.